The highest BCUT2D eigenvalue weighted by atomic mass is 32.2. The summed E-state index contributed by atoms with van der Waals surface area (Å²) >= 11 is 0. The van der Waals surface area contributed by atoms with Crippen molar-refractivity contribution in [2.75, 3.05) is 10.6 Å². The molecule has 0 aliphatic carbocycles. The van der Waals surface area contributed by atoms with Gasteiger partial charge in [-0.05, 0) is 60.2 Å². The van der Waals surface area contributed by atoms with Crippen LogP contribution in [0.5, 0.6) is 0 Å². The fourth-order valence-corrected chi connectivity index (χ4v) is 4.36. The van der Waals surface area contributed by atoms with E-state index >= 15 is 0 Å². The van der Waals surface area contributed by atoms with Crippen LogP contribution >= 0.6 is 0 Å². The van der Waals surface area contributed by atoms with Crippen molar-refractivity contribution in [1.29, 1.82) is 0 Å². The van der Waals surface area contributed by atoms with Crippen molar-refractivity contribution in [2.45, 2.75) is 18.4 Å². The molecule has 0 unspecified atom stereocenters. The molecule has 0 saturated carbocycles. The van der Waals surface area contributed by atoms with Gasteiger partial charge in [-0.2, -0.15) is 0 Å². The Kier molecular flexibility index (Phi) is 6.25. The summed E-state index contributed by atoms with van der Waals surface area (Å²) in [7, 11) is -3.73. The number of rotatable bonds is 7. The predicted octanol–water partition coefficient (Wildman–Crippen LogP) is 3.86. The highest BCUT2D eigenvalue weighted by Crippen LogP contribution is 2.23. The molecule has 0 spiro atoms. The number of aromatic amines is 1. The average Bonchev–Trinajstić information content (AvgIpc) is 3.28. The van der Waals surface area contributed by atoms with Gasteiger partial charge in [-0.15, -0.1) is 0 Å². The van der Waals surface area contributed by atoms with Crippen LogP contribution in [0.25, 0.3) is 10.9 Å². The van der Waals surface area contributed by atoms with Gasteiger partial charge >= 0.3 is 0 Å². The highest BCUT2D eigenvalue weighted by molar-refractivity contribution is 7.89. The number of carbonyl (C=O) groups excluding carboxylic acids is 2. The van der Waals surface area contributed by atoms with Crippen molar-refractivity contribution in [3.8, 4) is 0 Å². The number of amides is 2. The molecule has 4 N–H and O–H groups in total. The van der Waals surface area contributed by atoms with Crippen molar-refractivity contribution < 1.29 is 18.0 Å². The van der Waals surface area contributed by atoms with Gasteiger partial charge in [0.25, 0.3) is 5.91 Å². The third-order valence-corrected chi connectivity index (χ3v) is 6.43. The molecule has 0 bridgehead atoms. The maximum absolute atomic E-state index is 12.6. The molecule has 3 aromatic carbocycles. The van der Waals surface area contributed by atoms with Crippen molar-refractivity contribution in [3.05, 3.63) is 90.1 Å². The van der Waals surface area contributed by atoms with E-state index in [2.05, 4.69) is 20.3 Å². The zero-order valence-corrected chi connectivity index (χ0v) is 18.6. The van der Waals surface area contributed by atoms with Crippen LogP contribution in [-0.4, -0.2) is 25.2 Å². The molecule has 0 fully saturated rings. The van der Waals surface area contributed by atoms with E-state index in [0.29, 0.717) is 22.5 Å². The Morgan fingerprint density at radius 3 is 2.30 bits per heavy atom. The Morgan fingerprint density at radius 1 is 0.879 bits per heavy atom. The van der Waals surface area contributed by atoms with E-state index in [1.807, 2.05) is 30.5 Å². The SMILES string of the molecule is CC(=O)Nc1ccc(S(=O)(=O)NCc2ccc(C(=O)Nc3cccc4[nH]ccc34)cc2)cc1. The molecule has 4 rings (SSSR count). The van der Waals surface area contributed by atoms with E-state index in [1.165, 1.54) is 31.2 Å². The lowest BCUT2D eigenvalue weighted by atomic mass is 10.1. The van der Waals surface area contributed by atoms with Crippen molar-refractivity contribution in [1.82, 2.24) is 9.71 Å². The first-order valence-electron chi connectivity index (χ1n) is 10.2. The number of fused-ring (bicyclic) bond motifs is 1. The molecule has 0 saturated heterocycles. The summed E-state index contributed by atoms with van der Waals surface area (Å²) in [4.78, 5) is 26.9. The second-order valence-corrected chi connectivity index (χ2v) is 9.19. The van der Waals surface area contributed by atoms with Crippen LogP contribution in [0.4, 0.5) is 11.4 Å². The van der Waals surface area contributed by atoms with E-state index in [0.717, 1.165) is 10.9 Å². The van der Waals surface area contributed by atoms with Crippen LogP contribution in [0.15, 0.2) is 83.9 Å². The van der Waals surface area contributed by atoms with Gasteiger partial charge in [0.1, 0.15) is 0 Å². The Bertz CT molecular complexity index is 1410. The summed E-state index contributed by atoms with van der Waals surface area (Å²) in [6.45, 7) is 1.45. The Hall–Kier alpha value is -3.95. The summed E-state index contributed by atoms with van der Waals surface area (Å²) in [5.74, 6) is -0.488. The lowest BCUT2D eigenvalue weighted by Gasteiger charge is -2.09. The van der Waals surface area contributed by atoms with Gasteiger partial charge < -0.3 is 15.6 Å². The number of H-pyrrole nitrogens is 1. The Labute approximate surface area is 191 Å². The highest BCUT2D eigenvalue weighted by Gasteiger charge is 2.14. The number of sulfonamides is 1. The monoisotopic (exact) mass is 462 g/mol. The number of aromatic nitrogens is 1. The van der Waals surface area contributed by atoms with Gasteiger partial charge in [-0.3, -0.25) is 9.59 Å². The summed E-state index contributed by atoms with van der Waals surface area (Å²) in [5, 5.41) is 6.41. The van der Waals surface area contributed by atoms with E-state index in [4.69, 9.17) is 0 Å². The van der Waals surface area contributed by atoms with Gasteiger partial charge in [-0.25, -0.2) is 13.1 Å². The van der Waals surface area contributed by atoms with Crippen LogP contribution < -0.4 is 15.4 Å². The van der Waals surface area contributed by atoms with Crippen LogP contribution in [0.3, 0.4) is 0 Å². The Morgan fingerprint density at radius 2 is 1.61 bits per heavy atom. The topological polar surface area (TPSA) is 120 Å². The van der Waals surface area contributed by atoms with Gasteiger partial charge in [0.05, 0.1) is 10.6 Å². The van der Waals surface area contributed by atoms with E-state index < -0.39 is 10.0 Å². The molecular formula is C24H22N4O4S. The normalized spacial score (nSPS) is 11.3. The summed E-state index contributed by atoms with van der Waals surface area (Å²) in [6, 6.07) is 20.1. The minimum atomic E-state index is -3.73. The maximum atomic E-state index is 12.6. The first-order valence-corrected chi connectivity index (χ1v) is 11.6. The quantitative estimate of drug-likeness (QED) is 0.333. The first-order chi connectivity index (χ1) is 15.8. The fraction of sp³-hybridized carbons (Fsp3) is 0.0833. The van der Waals surface area contributed by atoms with Gasteiger partial charge in [0.15, 0.2) is 0 Å². The molecule has 0 aliphatic heterocycles. The first kappa shape index (κ1) is 22.3. The van der Waals surface area contributed by atoms with Gasteiger partial charge in [0, 0.05) is 41.8 Å². The number of nitrogens with one attached hydrogen (secondary N) is 4. The zero-order valence-electron chi connectivity index (χ0n) is 17.8. The predicted molar refractivity (Wildman–Crippen MR) is 127 cm³/mol. The molecule has 0 atom stereocenters. The molecule has 0 aliphatic rings. The molecule has 33 heavy (non-hydrogen) atoms. The average molecular weight is 463 g/mol. The second-order valence-electron chi connectivity index (χ2n) is 7.43. The molecular weight excluding hydrogens is 440 g/mol. The van der Waals surface area contributed by atoms with E-state index in [-0.39, 0.29) is 23.3 Å². The number of benzene rings is 3. The molecule has 168 valence electrons. The van der Waals surface area contributed by atoms with Crippen molar-refractivity contribution >= 4 is 44.1 Å². The third-order valence-electron chi connectivity index (χ3n) is 5.01. The van der Waals surface area contributed by atoms with Crippen molar-refractivity contribution in [3.63, 3.8) is 0 Å². The van der Waals surface area contributed by atoms with Crippen LogP contribution in [0.2, 0.25) is 0 Å². The lowest BCUT2D eigenvalue weighted by Crippen LogP contribution is -2.23. The summed E-state index contributed by atoms with van der Waals surface area (Å²) < 4.78 is 27.6. The minimum absolute atomic E-state index is 0.0698. The smallest absolute Gasteiger partial charge is 0.255 e. The minimum Gasteiger partial charge on any atom is -0.361 e. The standard InChI is InChI=1S/C24H22N4O4S/c1-16(29)27-19-9-11-20(12-10-19)33(31,32)26-15-17-5-7-18(8-6-17)24(30)28-23-4-2-3-22-21(23)13-14-25-22/h2-14,25-26H,15H2,1H3,(H,27,29)(H,28,30). The number of hydrogen-bond acceptors (Lipinski definition) is 4. The van der Waals surface area contributed by atoms with Gasteiger partial charge in [-0.1, -0.05) is 18.2 Å². The lowest BCUT2D eigenvalue weighted by molar-refractivity contribution is -0.114. The summed E-state index contributed by atoms with van der Waals surface area (Å²) in [5.41, 5.74) is 3.32. The molecule has 4 aromatic rings. The van der Waals surface area contributed by atoms with E-state index in [9.17, 15) is 18.0 Å². The van der Waals surface area contributed by atoms with Crippen LogP contribution in [0, 0.1) is 0 Å². The number of carbonyl (C=O) groups is 2. The molecule has 1 aromatic heterocycles. The molecule has 1 heterocycles. The molecule has 0 radical (unpaired) electrons. The molecule has 8 nitrogen and oxygen atoms in total. The maximum Gasteiger partial charge on any atom is 0.255 e. The second kappa shape index (κ2) is 9.27. The zero-order chi connectivity index (χ0) is 23.4. The fourth-order valence-electron chi connectivity index (χ4n) is 3.35. The van der Waals surface area contributed by atoms with E-state index in [1.54, 1.807) is 24.3 Å². The number of anilines is 2. The molecule has 2 amide bonds. The molecule has 9 heteroatoms. The van der Waals surface area contributed by atoms with Crippen molar-refractivity contribution in [2.24, 2.45) is 0 Å². The Balaban J connectivity index is 1.38. The number of hydrogen-bond donors (Lipinski definition) is 4. The van der Waals surface area contributed by atoms with Gasteiger partial charge in [0.2, 0.25) is 15.9 Å². The summed E-state index contributed by atoms with van der Waals surface area (Å²) in [6.07, 6.45) is 1.81. The third kappa shape index (κ3) is 5.28. The van der Waals surface area contributed by atoms with Crippen LogP contribution in [-0.2, 0) is 21.4 Å². The van der Waals surface area contributed by atoms with Crippen LogP contribution in [0.1, 0.15) is 22.8 Å². The largest absolute Gasteiger partial charge is 0.361 e.